The fourth-order valence-corrected chi connectivity index (χ4v) is 3.53. The minimum absolute atomic E-state index is 0.552. The lowest BCUT2D eigenvalue weighted by atomic mass is 10.2. The van der Waals surface area contributed by atoms with E-state index in [4.69, 9.17) is 20.4 Å². The first-order valence-corrected chi connectivity index (χ1v) is 9.25. The topological polar surface area (TPSA) is 69.9 Å². The highest BCUT2D eigenvalue weighted by atomic mass is 35.5. The first kappa shape index (κ1) is 16.9. The Hall–Kier alpha value is -2.51. The van der Waals surface area contributed by atoms with Crippen molar-refractivity contribution in [1.82, 2.24) is 19.7 Å². The number of halogens is 1. The Morgan fingerprint density at radius 1 is 1.23 bits per heavy atom. The highest BCUT2D eigenvalue weighted by Crippen LogP contribution is 2.29. The van der Waals surface area contributed by atoms with Crippen molar-refractivity contribution in [3.63, 3.8) is 0 Å². The molecule has 8 heteroatoms. The Morgan fingerprint density at radius 2 is 2.12 bits per heavy atom. The molecule has 0 aliphatic rings. The molecule has 0 fully saturated rings. The maximum absolute atomic E-state index is 6.03. The number of aromatic nitrogens is 4. The fourth-order valence-electron chi connectivity index (χ4n) is 2.57. The first-order valence-electron chi connectivity index (χ1n) is 7.89. The second kappa shape index (κ2) is 7.01. The molecule has 0 aliphatic carbocycles. The third-order valence-corrected chi connectivity index (χ3v) is 5.16. The van der Waals surface area contributed by atoms with Gasteiger partial charge >= 0.3 is 0 Å². The Balaban J connectivity index is 1.49. The molecular weight excluding hydrogens is 372 g/mol. The summed E-state index contributed by atoms with van der Waals surface area (Å²) in [5.74, 6) is 3.45. The molecule has 0 bridgehead atoms. The van der Waals surface area contributed by atoms with E-state index in [2.05, 4.69) is 15.2 Å². The average Bonchev–Trinajstić information content (AvgIpc) is 3.34. The second-order valence-electron chi connectivity index (χ2n) is 5.67. The molecule has 3 heterocycles. The highest BCUT2D eigenvalue weighted by molar-refractivity contribution is 7.98. The van der Waals surface area contributed by atoms with Crippen LogP contribution in [0.15, 0.2) is 56.8 Å². The summed E-state index contributed by atoms with van der Waals surface area (Å²) in [6, 6.07) is 9.38. The summed E-state index contributed by atoms with van der Waals surface area (Å²) in [6.45, 7) is 1.90. The van der Waals surface area contributed by atoms with Gasteiger partial charge in [-0.15, -0.1) is 10.2 Å². The van der Waals surface area contributed by atoms with E-state index in [1.54, 1.807) is 12.5 Å². The minimum atomic E-state index is 0.552. The van der Waals surface area contributed by atoms with Crippen molar-refractivity contribution < 1.29 is 8.83 Å². The molecule has 0 aliphatic heterocycles. The van der Waals surface area contributed by atoms with Crippen LogP contribution in [0.2, 0.25) is 5.02 Å². The van der Waals surface area contributed by atoms with Crippen molar-refractivity contribution in [2.75, 3.05) is 0 Å². The van der Waals surface area contributed by atoms with E-state index in [0.29, 0.717) is 22.4 Å². The lowest BCUT2D eigenvalue weighted by Gasteiger charge is -2.02. The van der Waals surface area contributed by atoms with Gasteiger partial charge in [-0.3, -0.25) is 0 Å². The van der Waals surface area contributed by atoms with Gasteiger partial charge in [0.25, 0.3) is 0 Å². The number of thioether (sulfide) groups is 1. The van der Waals surface area contributed by atoms with Crippen molar-refractivity contribution in [3.8, 4) is 22.7 Å². The zero-order chi connectivity index (χ0) is 18.1. The van der Waals surface area contributed by atoms with Gasteiger partial charge in [-0.05, 0) is 25.1 Å². The van der Waals surface area contributed by atoms with E-state index < -0.39 is 0 Å². The molecule has 132 valence electrons. The number of oxazole rings is 1. The van der Waals surface area contributed by atoms with Crippen LogP contribution in [0.1, 0.15) is 11.7 Å². The van der Waals surface area contributed by atoms with E-state index in [-0.39, 0.29) is 0 Å². The number of furan rings is 1. The number of hydrogen-bond donors (Lipinski definition) is 0. The molecular formula is C18H15ClN4O2S. The second-order valence-corrected chi connectivity index (χ2v) is 7.05. The van der Waals surface area contributed by atoms with E-state index in [0.717, 1.165) is 27.9 Å². The summed E-state index contributed by atoms with van der Waals surface area (Å²) in [6.07, 6.45) is 3.36. The van der Waals surface area contributed by atoms with Crippen LogP contribution in [0.4, 0.5) is 0 Å². The van der Waals surface area contributed by atoms with Crippen molar-refractivity contribution in [1.29, 1.82) is 0 Å². The van der Waals surface area contributed by atoms with Crippen molar-refractivity contribution >= 4 is 23.4 Å². The molecule has 0 unspecified atom stereocenters. The molecule has 3 aromatic heterocycles. The van der Waals surface area contributed by atoms with E-state index in [1.807, 2.05) is 48.9 Å². The van der Waals surface area contributed by atoms with Crippen LogP contribution in [0.5, 0.6) is 0 Å². The monoisotopic (exact) mass is 386 g/mol. The van der Waals surface area contributed by atoms with Gasteiger partial charge in [0.15, 0.2) is 16.7 Å². The molecule has 0 saturated heterocycles. The zero-order valence-corrected chi connectivity index (χ0v) is 15.7. The normalized spacial score (nSPS) is 11.2. The maximum Gasteiger partial charge on any atom is 0.205 e. The highest BCUT2D eigenvalue weighted by Gasteiger charge is 2.16. The molecule has 4 rings (SSSR count). The van der Waals surface area contributed by atoms with Gasteiger partial charge < -0.3 is 13.4 Å². The molecule has 4 aromatic rings. The number of aryl methyl sites for hydroxylation is 1. The third kappa shape index (κ3) is 3.27. The van der Waals surface area contributed by atoms with Crippen LogP contribution in [0, 0.1) is 6.92 Å². The van der Waals surface area contributed by atoms with Gasteiger partial charge in [0.1, 0.15) is 5.76 Å². The molecule has 0 atom stereocenters. The SMILES string of the molecule is Cc1occc1-c1nnc(SCc2ncc(-c3cccc(Cl)c3)o2)n1C. The van der Waals surface area contributed by atoms with E-state index in [9.17, 15) is 0 Å². The van der Waals surface area contributed by atoms with Gasteiger partial charge in [-0.25, -0.2) is 4.98 Å². The first-order chi connectivity index (χ1) is 12.6. The molecule has 0 saturated carbocycles. The van der Waals surface area contributed by atoms with Gasteiger partial charge in [-0.1, -0.05) is 35.5 Å². The molecule has 0 N–H and O–H groups in total. The molecule has 6 nitrogen and oxygen atoms in total. The van der Waals surface area contributed by atoms with Crippen LogP contribution in [-0.4, -0.2) is 19.7 Å². The summed E-state index contributed by atoms with van der Waals surface area (Å²) >= 11 is 7.54. The number of benzene rings is 1. The smallest absolute Gasteiger partial charge is 0.205 e. The van der Waals surface area contributed by atoms with Gasteiger partial charge in [-0.2, -0.15) is 0 Å². The summed E-state index contributed by atoms with van der Waals surface area (Å²) in [5.41, 5.74) is 1.84. The predicted molar refractivity (Wildman–Crippen MR) is 100.0 cm³/mol. The standard InChI is InChI=1S/C18H15ClN4O2S/c1-11-14(6-7-24-11)17-21-22-18(23(17)2)26-10-16-20-9-15(25-16)12-4-3-5-13(19)8-12/h3-9H,10H2,1-2H3. The number of rotatable bonds is 5. The van der Waals surface area contributed by atoms with E-state index in [1.165, 1.54) is 11.8 Å². The van der Waals surface area contributed by atoms with Gasteiger partial charge in [0.05, 0.1) is 23.8 Å². The van der Waals surface area contributed by atoms with Crippen LogP contribution >= 0.6 is 23.4 Å². The van der Waals surface area contributed by atoms with Gasteiger partial charge in [0, 0.05) is 17.6 Å². The zero-order valence-electron chi connectivity index (χ0n) is 14.1. The quantitative estimate of drug-likeness (QED) is 0.450. The van der Waals surface area contributed by atoms with E-state index >= 15 is 0 Å². The molecule has 1 aromatic carbocycles. The molecule has 0 spiro atoms. The largest absolute Gasteiger partial charge is 0.469 e. The Labute approximate surface area is 159 Å². The van der Waals surface area contributed by atoms with Crippen molar-refractivity contribution in [3.05, 3.63) is 59.5 Å². The molecule has 26 heavy (non-hydrogen) atoms. The lowest BCUT2D eigenvalue weighted by Crippen LogP contribution is -1.95. The summed E-state index contributed by atoms with van der Waals surface area (Å²) in [7, 11) is 1.93. The minimum Gasteiger partial charge on any atom is -0.469 e. The van der Waals surface area contributed by atoms with Crippen LogP contribution in [0.3, 0.4) is 0 Å². The van der Waals surface area contributed by atoms with Crippen LogP contribution < -0.4 is 0 Å². The maximum atomic E-state index is 6.03. The van der Waals surface area contributed by atoms with Crippen molar-refractivity contribution in [2.24, 2.45) is 7.05 Å². The Bertz CT molecular complexity index is 1050. The summed E-state index contributed by atoms with van der Waals surface area (Å²) in [4.78, 5) is 4.33. The molecule has 0 radical (unpaired) electrons. The fraction of sp³-hybridized carbons (Fsp3) is 0.167. The van der Waals surface area contributed by atoms with Gasteiger partial charge in [0.2, 0.25) is 5.89 Å². The summed E-state index contributed by atoms with van der Waals surface area (Å²) in [5, 5.41) is 9.96. The number of nitrogens with zero attached hydrogens (tertiary/aromatic N) is 4. The predicted octanol–water partition coefficient (Wildman–Crippen LogP) is 4.98. The Morgan fingerprint density at radius 3 is 2.88 bits per heavy atom. The average molecular weight is 387 g/mol. The third-order valence-electron chi connectivity index (χ3n) is 3.92. The summed E-state index contributed by atoms with van der Waals surface area (Å²) < 4.78 is 13.1. The Kier molecular flexibility index (Phi) is 4.57. The van der Waals surface area contributed by atoms with Crippen LogP contribution in [0.25, 0.3) is 22.7 Å². The number of hydrogen-bond acceptors (Lipinski definition) is 6. The molecule has 0 amide bonds. The van der Waals surface area contributed by atoms with Crippen LogP contribution in [-0.2, 0) is 12.8 Å². The van der Waals surface area contributed by atoms with Crippen molar-refractivity contribution in [2.45, 2.75) is 17.8 Å². The lowest BCUT2D eigenvalue weighted by molar-refractivity contribution is 0.529.